The summed E-state index contributed by atoms with van der Waals surface area (Å²) in [7, 11) is 0. The summed E-state index contributed by atoms with van der Waals surface area (Å²) >= 11 is 3.84. The molecular weight excluding hydrogens is 431 g/mol. The quantitative estimate of drug-likeness (QED) is 0.254. The maximum absolute atomic E-state index is 4.57. The van der Waals surface area contributed by atoms with Crippen molar-refractivity contribution in [1.29, 1.82) is 0 Å². The van der Waals surface area contributed by atoms with Gasteiger partial charge in [-0.05, 0) is 40.8 Å². The highest BCUT2D eigenvalue weighted by Crippen LogP contribution is 2.25. The fraction of sp³-hybridized carbons (Fsp3) is 0. The largest absolute Gasteiger partial charge is 0.361 e. The zero-order valence-corrected chi connectivity index (χ0v) is 15.5. The smallest absolute Gasteiger partial charge is 0.203 e. The number of hydrogen-bond donors (Lipinski definition) is 2. The van der Waals surface area contributed by atoms with Crippen molar-refractivity contribution in [3.8, 4) is 11.3 Å². The second kappa shape index (κ2) is 6.74. The highest BCUT2D eigenvalue weighted by molar-refractivity contribution is 14.1. The van der Waals surface area contributed by atoms with Crippen LogP contribution in [0.1, 0.15) is 5.56 Å². The Labute approximate surface area is 156 Å². The number of nitrogens with one attached hydrogen (secondary N) is 2. The van der Waals surface area contributed by atoms with Crippen LogP contribution in [0, 0.1) is 3.57 Å². The number of para-hydroxylation sites is 1. The van der Waals surface area contributed by atoms with Crippen molar-refractivity contribution in [2.75, 3.05) is 5.43 Å². The number of anilines is 1. The van der Waals surface area contributed by atoms with Gasteiger partial charge in [-0.2, -0.15) is 5.10 Å². The van der Waals surface area contributed by atoms with E-state index < -0.39 is 0 Å². The van der Waals surface area contributed by atoms with Crippen molar-refractivity contribution >= 4 is 56.2 Å². The predicted molar refractivity (Wildman–Crippen MR) is 110 cm³/mol. The first-order valence-corrected chi connectivity index (χ1v) is 9.32. The summed E-state index contributed by atoms with van der Waals surface area (Å²) in [6.07, 6.45) is 3.76. The molecule has 2 aromatic heterocycles. The van der Waals surface area contributed by atoms with Crippen LogP contribution in [0.5, 0.6) is 0 Å². The first kappa shape index (κ1) is 15.3. The van der Waals surface area contributed by atoms with Crippen LogP contribution < -0.4 is 5.43 Å². The molecule has 0 saturated carbocycles. The van der Waals surface area contributed by atoms with Gasteiger partial charge < -0.3 is 4.98 Å². The minimum Gasteiger partial charge on any atom is -0.361 e. The molecule has 4 aromatic rings. The molecule has 2 N–H and O–H groups in total. The van der Waals surface area contributed by atoms with E-state index in [4.69, 9.17) is 0 Å². The Hall–Kier alpha value is -2.19. The first-order chi connectivity index (χ1) is 11.8. The summed E-state index contributed by atoms with van der Waals surface area (Å²) in [5.74, 6) is 0. The van der Waals surface area contributed by atoms with E-state index in [1.165, 1.54) is 3.57 Å². The molecule has 4 rings (SSSR count). The van der Waals surface area contributed by atoms with Gasteiger partial charge >= 0.3 is 0 Å². The molecule has 4 nitrogen and oxygen atoms in total. The van der Waals surface area contributed by atoms with Crippen LogP contribution in [0.4, 0.5) is 5.13 Å². The Kier molecular flexibility index (Phi) is 4.31. The standard InChI is InChI=1S/C18H13IN4S/c19-14-7-5-12(6-8-14)17-11-24-18(22-17)23-21-10-13-9-20-16-4-2-1-3-15(13)16/h1-11,20H,(H,22,23)/b21-10-. The Morgan fingerprint density at radius 3 is 2.83 bits per heavy atom. The Balaban J connectivity index is 1.49. The van der Waals surface area contributed by atoms with Gasteiger partial charge in [-0.25, -0.2) is 4.98 Å². The van der Waals surface area contributed by atoms with E-state index in [-0.39, 0.29) is 0 Å². The second-order valence-corrected chi connectivity index (χ2v) is 7.31. The van der Waals surface area contributed by atoms with Crippen molar-refractivity contribution in [3.63, 3.8) is 0 Å². The molecule has 0 aliphatic rings. The lowest BCUT2D eigenvalue weighted by atomic mass is 10.2. The molecule has 0 atom stereocenters. The number of halogens is 1. The number of aromatic nitrogens is 2. The van der Waals surface area contributed by atoms with Crippen LogP contribution >= 0.6 is 33.9 Å². The van der Waals surface area contributed by atoms with Gasteiger partial charge in [0, 0.05) is 37.2 Å². The van der Waals surface area contributed by atoms with Crippen molar-refractivity contribution < 1.29 is 0 Å². The molecule has 0 spiro atoms. The average Bonchev–Trinajstić information content (AvgIpc) is 3.23. The first-order valence-electron chi connectivity index (χ1n) is 7.36. The normalized spacial score (nSPS) is 11.4. The zero-order valence-electron chi connectivity index (χ0n) is 12.5. The number of thiazole rings is 1. The van der Waals surface area contributed by atoms with Crippen LogP contribution in [0.25, 0.3) is 22.2 Å². The number of hydrazone groups is 1. The fourth-order valence-electron chi connectivity index (χ4n) is 2.44. The lowest BCUT2D eigenvalue weighted by Gasteiger charge is -1.96. The van der Waals surface area contributed by atoms with E-state index in [0.717, 1.165) is 32.9 Å². The van der Waals surface area contributed by atoms with Gasteiger partial charge in [0.15, 0.2) is 0 Å². The van der Waals surface area contributed by atoms with Crippen LogP contribution in [0.2, 0.25) is 0 Å². The van der Waals surface area contributed by atoms with E-state index in [1.807, 2.05) is 36.0 Å². The summed E-state index contributed by atoms with van der Waals surface area (Å²) in [5.41, 5.74) is 7.24. The van der Waals surface area contributed by atoms with Crippen LogP contribution in [0.3, 0.4) is 0 Å². The molecule has 2 aromatic carbocycles. The van der Waals surface area contributed by atoms with Gasteiger partial charge in [0.25, 0.3) is 0 Å². The van der Waals surface area contributed by atoms with Crippen molar-refractivity contribution in [2.45, 2.75) is 0 Å². The molecule has 0 bridgehead atoms. The number of benzene rings is 2. The highest BCUT2D eigenvalue weighted by Gasteiger charge is 2.04. The molecule has 0 radical (unpaired) electrons. The molecule has 118 valence electrons. The Bertz CT molecular complexity index is 1000. The topological polar surface area (TPSA) is 53.1 Å². The maximum Gasteiger partial charge on any atom is 0.203 e. The third-order valence-corrected chi connectivity index (χ3v) is 5.10. The number of aromatic amines is 1. The van der Waals surface area contributed by atoms with E-state index in [0.29, 0.717) is 0 Å². The molecule has 0 saturated heterocycles. The van der Waals surface area contributed by atoms with Crippen molar-refractivity contribution in [2.24, 2.45) is 5.10 Å². The van der Waals surface area contributed by atoms with Gasteiger partial charge in [-0.3, -0.25) is 5.43 Å². The summed E-state index contributed by atoms with van der Waals surface area (Å²) in [4.78, 5) is 7.81. The third-order valence-electron chi connectivity index (χ3n) is 3.63. The predicted octanol–water partition coefficient (Wildman–Crippen LogP) is 5.34. The SMILES string of the molecule is Ic1ccc(-c2csc(N/N=C\c3c[nH]c4ccccc34)n2)cc1. The maximum atomic E-state index is 4.57. The van der Waals surface area contributed by atoms with Crippen LogP contribution in [-0.2, 0) is 0 Å². The van der Waals surface area contributed by atoms with Gasteiger partial charge in [0.05, 0.1) is 11.9 Å². The monoisotopic (exact) mass is 444 g/mol. The van der Waals surface area contributed by atoms with E-state index in [2.05, 4.69) is 73.4 Å². The average molecular weight is 444 g/mol. The zero-order chi connectivity index (χ0) is 16.4. The number of hydrogen-bond acceptors (Lipinski definition) is 4. The molecule has 0 aliphatic carbocycles. The molecule has 0 fully saturated rings. The lowest BCUT2D eigenvalue weighted by molar-refractivity contribution is 1.29. The Morgan fingerprint density at radius 2 is 1.96 bits per heavy atom. The van der Waals surface area contributed by atoms with Gasteiger partial charge in [0.1, 0.15) is 0 Å². The summed E-state index contributed by atoms with van der Waals surface area (Å²) in [6.45, 7) is 0. The molecule has 0 amide bonds. The van der Waals surface area contributed by atoms with E-state index >= 15 is 0 Å². The number of H-pyrrole nitrogens is 1. The number of fused-ring (bicyclic) bond motifs is 1. The Morgan fingerprint density at radius 1 is 1.12 bits per heavy atom. The summed E-state index contributed by atoms with van der Waals surface area (Å²) in [5, 5.41) is 8.27. The summed E-state index contributed by atoms with van der Waals surface area (Å²) < 4.78 is 1.22. The van der Waals surface area contributed by atoms with E-state index in [1.54, 1.807) is 11.3 Å². The molecule has 6 heteroatoms. The molecule has 0 unspecified atom stereocenters. The lowest BCUT2D eigenvalue weighted by Crippen LogP contribution is -1.89. The summed E-state index contributed by atoms with van der Waals surface area (Å²) in [6, 6.07) is 16.5. The highest BCUT2D eigenvalue weighted by atomic mass is 127. The van der Waals surface area contributed by atoms with Gasteiger partial charge in [0.2, 0.25) is 5.13 Å². The molecule has 2 heterocycles. The van der Waals surface area contributed by atoms with Crippen molar-refractivity contribution in [1.82, 2.24) is 9.97 Å². The van der Waals surface area contributed by atoms with E-state index in [9.17, 15) is 0 Å². The number of rotatable bonds is 4. The van der Waals surface area contributed by atoms with Crippen LogP contribution in [0.15, 0.2) is 65.2 Å². The minimum absolute atomic E-state index is 0.777. The third kappa shape index (κ3) is 3.20. The van der Waals surface area contributed by atoms with Crippen LogP contribution in [-0.4, -0.2) is 16.2 Å². The molecular formula is C18H13IN4S. The van der Waals surface area contributed by atoms with Gasteiger partial charge in [-0.1, -0.05) is 30.3 Å². The molecule has 0 aliphatic heterocycles. The fourth-order valence-corrected chi connectivity index (χ4v) is 3.46. The minimum atomic E-state index is 0.777. The van der Waals surface area contributed by atoms with Gasteiger partial charge in [-0.15, -0.1) is 11.3 Å². The number of nitrogens with zero attached hydrogens (tertiary/aromatic N) is 2. The van der Waals surface area contributed by atoms with Crippen molar-refractivity contribution in [3.05, 3.63) is 69.2 Å². The molecule has 24 heavy (non-hydrogen) atoms. The second-order valence-electron chi connectivity index (χ2n) is 5.20.